The van der Waals surface area contributed by atoms with Gasteiger partial charge in [-0.3, -0.25) is 9.59 Å². The molecule has 0 saturated carbocycles. The van der Waals surface area contributed by atoms with Crippen molar-refractivity contribution in [3.8, 4) is 5.75 Å². The number of nitrogens with two attached hydrogens (primary N) is 1. The number of benzene rings is 1. The molecule has 132 valence electrons. The highest BCUT2D eigenvalue weighted by molar-refractivity contribution is 7.15. The molecule has 1 aromatic heterocycles. The number of rotatable bonds is 4. The first kappa shape index (κ1) is 17.5. The van der Waals surface area contributed by atoms with Gasteiger partial charge in [-0.05, 0) is 42.7 Å². The van der Waals surface area contributed by atoms with Gasteiger partial charge in [-0.2, -0.15) is 0 Å². The predicted octanol–water partition coefficient (Wildman–Crippen LogP) is 3.61. The molecule has 1 saturated heterocycles. The Morgan fingerprint density at radius 1 is 1.08 bits per heavy atom. The van der Waals surface area contributed by atoms with Gasteiger partial charge in [0.25, 0.3) is 11.8 Å². The number of amides is 2. The summed E-state index contributed by atoms with van der Waals surface area (Å²) in [6.45, 7) is 0.722. The molecule has 0 bridgehead atoms. The maximum atomic E-state index is 13.1. The Bertz CT molecular complexity index is 754. The average Bonchev–Trinajstić information content (AvgIpc) is 3.00. The predicted molar refractivity (Wildman–Crippen MR) is 98.1 cm³/mol. The molecule has 5 nitrogen and oxygen atoms in total. The molecule has 1 fully saturated rings. The van der Waals surface area contributed by atoms with Crippen molar-refractivity contribution < 1.29 is 14.3 Å². The van der Waals surface area contributed by atoms with Gasteiger partial charge in [0, 0.05) is 6.54 Å². The molecule has 2 amide bonds. The van der Waals surface area contributed by atoms with Gasteiger partial charge in [0.1, 0.15) is 5.75 Å². The third-order valence-corrected chi connectivity index (χ3v) is 5.66. The molecule has 6 heteroatoms. The summed E-state index contributed by atoms with van der Waals surface area (Å²) in [6, 6.07) is 11.3. The van der Waals surface area contributed by atoms with E-state index in [0.29, 0.717) is 9.75 Å². The molecule has 3 rings (SSSR count). The van der Waals surface area contributed by atoms with Crippen LogP contribution >= 0.6 is 11.3 Å². The lowest BCUT2D eigenvalue weighted by molar-refractivity contribution is 0.0686. The second-order valence-electron chi connectivity index (χ2n) is 6.16. The molecule has 1 aliphatic heterocycles. The number of nitrogens with zero attached hydrogens (tertiary/aromatic N) is 1. The summed E-state index contributed by atoms with van der Waals surface area (Å²) >= 11 is 1.17. The van der Waals surface area contributed by atoms with Crippen LogP contribution in [0.3, 0.4) is 0 Å². The Morgan fingerprint density at radius 2 is 1.80 bits per heavy atom. The van der Waals surface area contributed by atoms with E-state index in [1.807, 2.05) is 29.2 Å². The number of thiophene rings is 1. The summed E-state index contributed by atoms with van der Waals surface area (Å²) in [6.07, 6.45) is 4.14. The van der Waals surface area contributed by atoms with Crippen molar-refractivity contribution in [3.05, 3.63) is 51.7 Å². The van der Waals surface area contributed by atoms with E-state index in [0.717, 1.165) is 43.5 Å². The second-order valence-corrected chi connectivity index (χ2v) is 7.25. The standard InChI is InChI=1S/C19H22N2O3S/c1-24-14-8-6-13(7-9-14)15-5-3-2-4-12-21(15)19(23)17-11-10-16(25-17)18(20)22/h6-11,15H,2-5,12H2,1H3,(H2,20,22). The summed E-state index contributed by atoms with van der Waals surface area (Å²) in [5.41, 5.74) is 6.42. The van der Waals surface area contributed by atoms with Crippen molar-refractivity contribution in [2.75, 3.05) is 13.7 Å². The molecule has 2 aromatic rings. The van der Waals surface area contributed by atoms with Crippen molar-refractivity contribution in [3.63, 3.8) is 0 Å². The largest absolute Gasteiger partial charge is 0.497 e. The highest BCUT2D eigenvalue weighted by Crippen LogP contribution is 2.33. The third-order valence-electron chi connectivity index (χ3n) is 4.57. The number of primary amides is 1. The normalized spacial score (nSPS) is 17.8. The molecule has 25 heavy (non-hydrogen) atoms. The Balaban J connectivity index is 1.88. The zero-order chi connectivity index (χ0) is 17.8. The fourth-order valence-corrected chi connectivity index (χ4v) is 4.07. The molecule has 2 heterocycles. The van der Waals surface area contributed by atoms with Gasteiger partial charge in [0.05, 0.1) is 22.9 Å². The minimum atomic E-state index is -0.494. The minimum absolute atomic E-state index is 0.0276. The molecule has 1 aromatic carbocycles. The molecule has 1 aliphatic rings. The number of hydrogen-bond acceptors (Lipinski definition) is 4. The number of ether oxygens (including phenoxy) is 1. The Morgan fingerprint density at radius 3 is 2.44 bits per heavy atom. The van der Waals surface area contributed by atoms with Crippen LogP contribution in [0.15, 0.2) is 36.4 Å². The number of methoxy groups -OCH3 is 1. The lowest BCUT2D eigenvalue weighted by Gasteiger charge is -2.30. The van der Waals surface area contributed by atoms with Crippen molar-refractivity contribution in [1.82, 2.24) is 4.90 Å². The van der Waals surface area contributed by atoms with Gasteiger partial charge < -0.3 is 15.4 Å². The smallest absolute Gasteiger partial charge is 0.264 e. The Kier molecular flexibility index (Phi) is 5.38. The number of likely N-dealkylation sites (tertiary alicyclic amines) is 1. The van der Waals surface area contributed by atoms with Crippen LogP contribution in [0, 0.1) is 0 Å². The van der Waals surface area contributed by atoms with Gasteiger partial charge in [-0.25, -0.2) is 0 Å². The lowest BCUT2D eigenvalue weighted by Crippen LogP contribution is -2.34. The molecular weight excluding hydrogens is 336 g/mol. The van der Waals surface area contributed by atoms with Crippen LogP contribution in [0.5, 0.6) is 5.75 Å². The van der Waals surface area contributed by atoms with E-state index < -0.39 is 5.91 Å². The van der Waals surface area contributed by atoms with Crippen molar-refractivity contribution >= 4 is 23.2 Å². The summed E-state index contributed by atoms with van der Waals surface area (Å²) in [7, 11) is 1.64. The fraction of sp³-hybridized carbons (Fsp3) is 0.368. The number of carbonyl (C=O) groups excluding carboxylic acids is 2. The first-order chi connectivity index (χ1) is 12.1. The Hall–Kier alpha value is -2.34. The Labute approximate surface area is 151 Å². The van der Waals surface area contributed by atoms with E-state index >= 15 is 0 Å². The highest BCUT2D eigenvalue weighted by Gasteiger charge is 2.28. The minimum Gasteiger partial charge on any atom is -0.497 e. The quantitative estimate of drug-likeness (QED) is 0.907. The van der Waals surface area contributed by atoms with Gasteiger partial charge in [-0.1, -0.05) is 25.0 Å². The first-order valence-electron chi connectivity index (χ1n) is 8.44. The average molecular weight is 358 g/mol. The molecule has 2 N–H and O–H groups in total. The molecule has 1 atom stereocenters. The molecule has 1 unspecified atom stereocenters. The van der Waals surface area contributed by atoms with Gasteiger partial charge in [0.2, 0.25) is 0 Å². The second kappa shape index (κ2) is 7.70. The molecule has 0 radical (unpaired) electrons. The van der Waals surface area contributed by atoms with Crippen molar-refractivity contribution in [2.45, 2.75) is 31.7 Å². The number of hydrogen-bond donors (Lipinski definition) is 1. The fourth-order valence-electron chi connectivity index (χ4n) is 3.25. The van der Waals surface area contributed by atoms with E-state index in [4.69, 9.17) is 10.5 Å². The first-order valence-corrected chi connectivity index (χ1v) is 9.26. The summed E-state index contributed by atoms with van der Waals surface area (Å²) in [5, 5.41) is 0. The zero-order valence-electron chi connectivity index (χ0n) is 14.2. The van der Waals surface area contributed by atoms with Crippen LogP contribution in [0.25, 0.3) is 0 Å². The van der Waals surface area contributed by atoms with Crippen LogP contribution in [0.4, 0.5) is 0 Å². The SMILES string of the molecule is COc1ccc(C2CCCCCN2C(=O)c2ccc(C(N)=O)s2)cc1. The van der Waals surface area contributed by atoms with E-state index in [-0.39, 0.29) is 11.9 Å². The van der Waals surface area contributed by atoms with Gasteiger partial charge in [-0.15, -0.1) is 11.3 Å². The van der Waals surface area contributed by atoms with Crippen LogP contribution in [-0.4, -0.2) is 30.4 Å². The molecule has 0 aliphatic carbocycles. The van der Waals surface area contributed by atoms with Crippen molar-refractivity contribution in [1.29, 1.82) is 0 Å². The topological polar surface area (TPSA) is 72.6 Å². The van der Waals surface area contributed by atoms with E-state index in [9.17, 15) is 9.59 Å². The zero-order valence-corrected chi connectivity index (χ0v) is 15.1. The van der Waals surface area contributed by atoms with Crippen LogP contribution in [-0.2, 0) is 0 Å². The van der Waals surface area contributed by atoms with Gasteiger partial charge in [0.15, 0.2) is 0 Å². The molecule has 0 spiro atoms. The highest BCUT2D eigenvalue weighted by atomic mass is 32.1. The monoisotopic (exact) mass is 358 g/mol. The maximum Gasteiger partial charge on any atom is 0.264 e. The van der Waals surface area contributed by atoms with Crippen LogP contribution < -0.4 is 10.5 Å². The maximum absolute atomic E-state index is 13.1. The number of carbonyl (C=O) groups is 2. The van der Waals surface area contributed by atoms with E-state index in [1.165, 1.54) is 11.3 Å². The van der Waals surface area contributed by atoms with Crippen LogP contribution in [0.2, 0.25) is 0 Å². The summed E-state index contributed by atoms with van der Waals surface area (Å²) in [4.78, 5) is 27.3. The van der Waals surface area contributed by atoms with Gasteiger partial charge >= 0.3 is 0 Å². The third kappa shape index (κ3) is 3.85. The van der Waals surface area contributed by atoms with Crippen LogP contribution in [0.1, 0.15) is 56.6 Å². The van der Waals surface area contributed by atoms with Crippen molar-refractivity contribution in [2.24, 2.45) is 5.73 Å². The summed E-state index contributed by atoms with van der Waals surface area (Å²) < 4.78 is 5.23. The summed E-state index contributed by atoms with van der Waals surface area (Å²) in [5.74, 6) is 0.284. The van der Waals surface area contributed by atoms with E-state index in [1.54, 1.807) is 19.2 Å². The lowest BCUT2D eigenvalue weighted by atomic mass is 10.0. The van der Waals surface area contributed by atoms with E-state index in [2.05, 4.69) is 0 Å². The molecular formula is C19H22N2O3S.